The number of amides is 2. The number of rotatable bonds is 4. The molecule has 0 aliphatic heterocycles. The number of carbonyl (C=O) groups excluding carboxylic acids is 4. The molecule has 2 N–H and O–H groups in total. The molecule has 0 spiro atoms. The van der Waals surface area contributed by atoms with Crippen LogP contribution in [0.25, 0.3) is 0 Å². The molecule has 0 aromatic rings. The van der Waals surface area contributed by atoms with E-state index in [1.54, 1.807) is 35.3 Å². The quantitative estimate of drug-likeness (QED) is 0.236. The lowest BCUT2D eigenvalue weighted by atomic mass is 10.4. The van der Waals surface area contributed by atoms with Crippen molar-refractivity contribution >= 4 is 29.1 Å². The lowest BCUT2D eigenvalue weighted by molar-refractivity contribution is -0.127. The van der Waals surface area contributed by atoms with Gasteiger partial charge < -0.3 is 29.0 Å². The number of hydrazine groups is 1. The fraction of sp³-hybridized carbons (Fsp3) is 0.741. The van der Waals surface area contributed by atoms with E-state index in [0.29, 0.717) is 12.1 Å². The normalized spacial score (nSPS) is 7.76. The van der Waals surface area contributed by atoms with Crippen LogP contribution in [-0.4, -0.2) is 93.4 Å². The van der Waals surface area contributed by atoms with Crippen molar-refractivity contribution in [2.24, 2.45) is 5.16 Å². The summed E-state index contributed by atoms with van der Waals surface area (Å²) >= 11 is 0. The van der Waals surface area contributed by atoms with E-state index in [1.807, 2.05) is 41.5 Å². The summed E-state index contributed by atoms with van der Waals surface area (Å²) in [5.41, 5.74) is 6.28. The van der Waals surface area contributed by atoms with Gasteiger partial charge >= 0.3 is 0 Å². The van der Waals surface area contributed by atoms with Gasteiger partial charge in [0.15, 0.2) is 0 Å². The summed E-state index contributed by atoms with van der Waals surface area (Å²) < 4.78 is 4.75. The van der Waals surface area contributed by atoms with E-state index in [1.165, 1.54) is 58.5 Å². The van der Waals surface area contributed by atoms with Crippen LogP contribution in [0.5, 0.6) is 0 Å². The van der Waals surface area contributed by atoms with E-state index >= 15 is 0 Å². The number of ether oxygens (including phenoxy) is 1. The van der Waals surface area contributed by atoms with Crippen molar-refractivity contribution in [3.05, 3.63) is 0 Å². The zero-order valence-corrected chi connectivity index (χ0v) is 27.5. The van der Waals surface area contributed by atoms with Gasteiger partial charge in [0.1, 0.15) is 18.7 Å². The molecule has 0 rings (SSSR count). The molecular formula is C27H59N5O6. The second-order valence-corrected chi connectivity index (χ2v) is 8.72. The Hall–Kier alpha value is -2.97. The van der Waals surface area contributed by atoms with Crippen LogP contribution in [-0.2, 0) is 28.8 Å². The molecule has 228 valence electrons. The predicted octanol–water partition coefficient (Wildman–Crippen LogP) is 3.53. The van der Waals surface area contributed by atoms with Crippen LogP contribution in [0.1, 0.15) is 83.1 Å². The van der Waals surface area contributed by atoms with E-state index in [2.05, 4.69) is 26.9 Å². The number of ketones is 2. The Balaban J connectivity index is -0.0000000595. The van der Waals surface area contributed by atoms with Gasteiger partial charge in [0.25, 0.3) is 0 Å². The smallest absolute Gasteiger partial charge is 0.218 e. The highest BCUT2D eigenvalue weighted by atomic mass is 16.6. The van der Waals surface area contributed by atoms with Gasteiger partial charge in [0.05, 0.1) is 11.8 Å². The maximum atomic E-state index is 10.1. The van der Waals surface area contributed by atoms with Crippen molar-refractivity contribution in [2.75, 3.05) is 42.4 Å². The summed E-state index contributed by atoms with van der Waals surface area (Å²) in [5, 5.41) is 3.54. The fourth-order valence-electron chi connectivity index (χ4n) is 0.369. The summed E-state index contributed by atoms with van der Waals surface area (Å²) in [4.78, 5) is 46.5. The third-order valence-corrected chi connectivity index (χ3v) is 2.44. The Bertz CT molecular complexity index is 584. The third kappa shape index (κ3) is 172. The van der Waals surface area contributed by atoms with Gasteiger partial charge in [0.2, 0.25) is 11.8 Å². The van der Waals surface area contributed by atoms with Gasteiger partial charge in [-0.3, -0.25) is 15.0 Å². The molecule has 0 aromatic heterocycles. The fourth-order valence-corrected chi connectivity index (χ4v) is 0.369. The van der Waals surface area contributed by atoms with Crippen molar-refractivity contribution in [3.8, 4) is 12.5 Å². The molecule has 0 heterocycles. The first kappa shape index (κ1) is 51.6. The van der Waals surface area contributed by atoms with E-state index in [0.717, 1.165) is 5.71 Å². The maximum Gasteiger partial charge on any atom is 0.218 e. The summed E-state index contributed by atoms with van der Waals surface area (Å²) in [7, 11) is 10.1. The first-order valence-electron chi connectivity index (χ1n) is 11.9. The van der Waals surface area contributed by atoms with Gasteiger partial charge in [-0.1, -0.05) is 11.6 Å². The largest absolute Gasteiger partial charge is 0.399 e. The van der Waals surface area contributed by atoms with Crippen molar-refractivity contribution in [1.29, 1.82) is 0 Å². The van der Waals surface area contributed by atoms with Gasteiger partial charge in [-0.2, -0.15) is 0 Å². The first-order chi connectivity index (χ1) is 17.1. The molecule has 0 aliphatic carbocycles. The molecule has 0 radical (unpaired) electrons. The lowest BCUT2D eigenvalue weighted by Crippen LogP contribution is -2.33. The molecule has 0 aromatic carbocycles. The number of nitrogens with zero attached hydrogens (tertiary/aromatic N) is 3. The zero-order chi connectivity index (χ0) is 32.4. The van der Waals surface area contributed by atoms with Crippen molar-refractivity contribution < 1.29 is 28.8 Å². The summed E-state index contributed by atoms with van der Waals surface area (Å²) in [5.74, 6) is 0.519. The highest BCUT2D eigenvalue weighted by Gasteiger charge is 1.88. The highest BCUT2D eigenvalue weighted by Crippen LogP contribution is 1.78. The Morgan fingerprint density at radius 2 is 0.974 bits per heavy atom. The zero-order valence-electron chi connectivity index (χ0n) is 27.5. The van der Waals surface area contributed by atoms with E-state index < -0.39 is 0 Å². The number of Topliss-reactive ketones (excluding diaryl/α,β-unsaturated/α-hetero) is 2. The topological polar surface area (TPSA) is 130 Å². The molecule has 2 amide bonds. The van der Waals surface area contributed by atoms with Crippen LogP contribution in [0, 0.1) is 12.5 Å². The standard InChI is InChI=1S/C5H10N2.3C4H9NO.C4H10O.2C3H6O/c1-4-6-7-5(2)3;2*1-4(6)5(2)3;1-4(2)5-6-3;1-4(2)5-3;2*1-3(2)4/h1,5-7H,2-3H3;3*1-3H3;4H,1-3H3;2*1-2H3. The Labute approximate surface area is 234 Å². The van der Waals surface area contributed by atoms with Crippen molar-refractivity contribution in [2.45, 2.75) is 95.2 Å². The minimum Gasteiger partial charge on any atom is -0.399 e. The molecule has 0 aliphatic rings. The molecular weight excluding hydrogens is 490 g/mol. The lowest BCUT2D eigenvalue weighted by Gasteiger charge is -2.02. The predicted molar refractivity (Wildman–Crippen MR) is 160 cm³/mol. The molecule has 0 fully saturated rings. The SMILES string of the molecule is C#CNNC(C)C.CC(=O)N(C)C.CC(=O)N(C)C.CC(C)=O.CC(C)=O.COC(C)C.CON=C(C)C. The minimum atomic E-state index is 0.0926. The van der Waals surface area contributed by atoms with Gasteiger partial charge in [-0.15, -0.1) is 0 Å². The van der Waals surface area contributed by atoms with Crippen LogP contribution >= 0.6 is 0 Å². The Kier molecular flexibility index (Phi) is 55.9. The van der Waals surface area contributed by atoms with E-state index in [9.17, 15) is 19.2 Å². The number of methoxy groups -OCH3 is 1. The van der Waals surface area contributed by atoms with Gasteiger partial charge in [-0.05, 0) is 69.2 Å². The minimum absolute atomic E-state index is 0.0926. The first-order valence-corrected chi connectivity index (χ1v) is 11.9. The highest BCUT2D eigenvalue weighted by molar-refractivity contribution is 5.78. The van der Waals surface area contributed by atoms with Crippen LogP contribution in [0.15, 0.2) is 5.16 Å². The molecule has 38 heavy (non-hydrogen) atoms. The molecule has 11 heteroatoms. The summed E-state index contributed by atoms with van der Waals surface area (Å²) in [6.45, 7) is 20.9. The number of hydrogen-bond acceptors (Lipinski definition) is 9. The molecule has 0 bridgehead atoms. The number of terminal acetylenes is 1. The summed E-state index contributed by atoms with van der Waals surface area (Å²) in [6, 6.07) is 2.64. The molecule has 0 saturated carbocycles. The number of carbonyl (C=O) groups is 4. The van der Waals surface area contributed by atoms with Crippen molar-refractivity contribution in [1.82, 2.24) is 20.7 Å². The maximum absolute atomic E-state index is 10.1. The second-order valence-electron chi connectivity index (χ2n) is 8.72. The number of hydrogen-bond donors (Lipinski definition) is 2. The van der Waals surface area contributed by atoms with Crippen LogP contribution in [0.4, 0.5) is 0 Å². The Morgan fingerprint density at radius 3 is 1.00 bits per heavy atom. The van der Waals surface area contributed by atoms with Crippen molar-refractivity contribution in [3.63, 3.8) is 0 Å². The monoisotopic (exact) mass is 549 g/mol. The van der Waals surface area contributed by atoms with E-state index in [-0.39, 0.29) is 23.4 Å². The molecule has 0 unspecified atom stereocenters. The van der Waals surface area contributed by atoms with Gasteiger partial charge in [0, 0.05) is 61.2 Å². The number of oxime groups is 1. The average molecular weight is 550 g/mol. The van der Waals surface area contributed by atoms with Crippen LogP contribution in [0.3, 0.4) is 0 Å². The van der Waals surface area contributed by atoms with Gasteiger partial charge in [-0.25, -0.2) is 5.43 Å². The summed E-state index contributed by atoms with van der Waals surface area (Å²) in [6.07, 6.45) is 5.24. The molecule has 11 nitrogen and oxygen atoms in total. The Morgan fingerprint density at radius 1 is 0.737 bits per heavy atom. The molecule has 0 saturated heterocycles. The molecule has 0 atom stereocenters. The van der Waals surface area contributed by atoms with E-state index in [4.69, 9.17) is 11.2 Å². The average Bonchev–Trinajstić information content (AvgIpc) is 2.72. The second kappa shape index (κ2) is 41.2. The van der Waals surface area contributed by atoms with Crippen LogP contribution in [0.2, 0.25) is 0 Å². The number of nitrogens with one attached hydrogen (secondary N) is 2. The third-order valence-electron chi connectivity index (χ3n) is 2.44. The van der Waals surface area contributed by atoms with Crippen LogP contribution < -0.4 is 10.9 Å².